The third-order valence-corrected chi connectivity index (χ3v) is 5.76. The number of hydrazine groups is 1. The van der Waals surface area contributed by atoms with Gasteiger partial charge in [-0.3, -0.25) is 20.4 Å². The summed E-state index contributed by atoms with van der Waals surface area (Å²) in [5.41, 5.74) is 5.83. The maximum atomic E-state index is 12.3. The molecule has 0 bridgehead atoms. The molecule has 2 heterocycles. The van der Waals surface area contributed by atoms with Crippen molar-refractivity contribution in [3.05, 3.63) is 52.3 Å². The van der Waals surface area contributed by atoms with Gasteiger partial charge < -0.3 is 9.47 Å². The molecule has 0 aliphatic rings. The van der Waals surface area contributed by atoms with Crippen LogP contribution in [0.15, 0.2) is 41.1 Å². The number of hydrogen-bond donors (Lipinski definition) is 2. The molecule has 7 nitrogen and oxygen atoms in total. The van der Waals surface area contributed by atoms with E-state index >= 15 is 0 Å². The van der Waals surface area contributed by atoms with Gasteiger partial charge in [-0.05, 0) is 36.1 Å². The third kappa shape index (κ3) is 5.55. The summed E-state index contributed by atoms with van der Waals surface area (Å²) >= 11 is 3.09. The number of methoxy groups -OCH3 is 1. The highest BCUT2D eigenvalue weighted by Gasteiger charge is 2.13. The zero-order valence-corrected chi connectivity index (χ0v) is 17.7. The molecule has 2 amide bonds. The van der Waals surface area contributed by atoms with Gasteiger partial charge in [0.1, 0.15) is 5.01 Å². The molecule has 3 rings (SSSR count). The highest BCUT2D eigenvalue weighted by molar-refractivity contribution is 7.20. The van der Waals surface area contributed by atoms with Crippen LogP contribution in [-0.2, 0) is 11.2 Å². The lowest BCUT2D eigenvalue weighted by Crippen LogP contribution is -2.42. The van der Waals surface area contributed by atoms with Crippen molar-refractivity contribution in [3.8, 4) is 21.4 Å². The first-order chi connectivity index (χ1) is 14.1. The summed E-state index contributed by atoms with van der Waals surface area (Å²) in [6, 6.07) is 8.80. The Hall–Kier alpha value is -2.91. The first-order valence-electron chi connectivity index (χ1n) is 8.99. The smallest absolute Gasteiger partial charge is 0.269 e. The van der Waals surface area contributed by atoms with Crippen LogP contribution >= 0.6 is 22.7 Å². The van der Waals surface area contributed by atoms with E-state index in [2.05, 4.69) is 15.8 Å². The number of nitrogens with zero attached hydrogens (tertiary/aromatic N) is 1. The van der Waals surface area contributed by atoms with E-state index in [-0.39, 0.29) is 12.3 Å². The summed E-state index contributed by atoms with van der Waals surface area (Å²) in [4.78, 5) is 30.0. The lowest BCUT2D eigenvalue weighted by molar-refractivity contribution is -0.121. The second kappa shape index (κ2) is 10.0. The highest BCUT2D eigenvalue weighted by Crippen LogP contribution is 2.29. The quantitative estimate of drug-likeness (QED) is 0.531. The first-order valence-corrected chi connectivity index (χ1v) is 10.7. The standard InChI is InChI=1S/C20H21N3O4S2/c1-3-8-27-15-7-6-13(10-16(15)26-2)19(25)23-22-18(24)11-14-12-29-20(21-14)17-5-4-9-28-17/h4-7,9-10,12H,3,8,11H2,1-2H3,(H,22,24)(H,23,25). The fourth-order valence-electron chi connectivity index (χ4n) is 2.45. The summed E-state index contributed by atoms with van der Waals surface area (Å²) in [5, 5.41) is 4.70. The molecule has 0 fully saturated rings. The molecular weight excluding hydrogens is 410 g/mol. The summed E-state index contributed by atoms with van der Waals surface area (Å²) in [6.45, 7) is 2.56. The monoisotopic (exact) mass is 431 g/mol. The maximum absolute atomic E-state index is 12.3. The van der Waals surface area contributed by atoms with E-state index in [9.17, 15) is 9.59 Å². The lowest BCUT2D eigenvalue weighted by atomic mass is 10.2. The number of nitrogens with one attached hydrogen (secondary N) is 2. The second-order valence-corrected chi connectivity index (χ2v) is 7.82. The van der Waals surface area contributed by atoms with Crippen molar-refractivity contribution in [2.45, 2.75) is 19.8 Å². The van der Waals surface area contributed by atoms with Gasteiger partial charge >= 0.3 is 0 Å². The molecule has 0 atom stereocenters. The van der Waals surface area contributed by atoms with Crippen LogP contribution in [0.2, 0.25) is 0 Å². The Morgan fingerprint density at radius 2 is 2.00 bits per heavy atom. The topological polar surface area (TPSA) is 89.6 Å². The predicted molar refractivity (Wildman–Crippen MR) is 114 cm³/mol. The van der Waals surface area contributed by atoms with Crippen LogP contribution < -0.4 is 20.3 Å². The zero-order valence-electron chi connectivity index (χ0n) is 16.1. The van der Waals surface area contributed by atoms with Crippen molar-refractivity contribution >= 4 is 34.5 Å². The number of benzene rings is 1. The molecule has 0 aliphatic heterocycles. The minimum absolute atomic E-state index is 0.0786. The van der Waals surface area contributed by atoms with E-state index in [1.807, 2.05) is 29.8 Å². The van der Waals surface area contributed by atoms with Gasteiger partial charge in [-0.25, -0.2) is 4.98 Å². The molecule has 152 valence electrons. The SMILES string of the molecule is CCCOc1ccc(C(=O)NNC(=O)Cc2csc(-c3cccs3)n2)cc1OC. The normalized spacial score (nSPS) is 10.4. The fourth-order valence-corrected chi connectivity index (χ4v) is 4.08. The number of thiophene rings is 1. The minimum atomic E-state index is -0.448. The van der Waals surface area contributed by atoms with Gasteiger partial charge in [0.05, 0.1) is 30.7 Å². The van der Waals surface area contributed by atoms with E-state index < -0.39 is 5.91 Å². The Bertz CT molecular complexity index is 970. The Labute approximate surface area is 176 Å². The molecule has 3 aromatic rings. The van der Waals surface area contributed by atoms with Crippen molar-refractivity contribution in [2.75, 3.05) is 13.7 Å². The van der Waals surface area contributed by atoms with Crippen molar-refractivity contribution in [3.63, 3.8) is 0 Å². The minimum Gasteiger partial charge on any atom is -0.493 e. The van der Waals surface area contributed by atoms with Crippen molar-refractivity contribution < 1.29 is 19.1 Å². The van der Waals surface area contributed by atoms with Gasteiger partial charge in [-0.1, -0.05) is 13.0 Å². The lowest BCUT2D eigenvalue weighted by Gasteiger charge is -2.12. The number of ether oxygens (including phenoxy) is 2. The van der Waals surface area contributed by atoms with Crippen LogP contribution in [0.25, 0.3) is 9.88 Å². The molecule has 0 saturated carbocycles. The second-order valence-electron chi connectivity index (χ2n) is 6.01. The summed E-state index contributed by atoms with van der Waals surface area (Å²) in [7, 11) is 1.51. The molecule has 0 aliphatic carbocycles. The number of carbonyl (C=O) groups excluding carboxylic acids is 2. The molecule has 0 spiro atoms. The Morgan fingerprint density at radius 1 is 1.14 bits per heavy atom. The van der Waals surface area contributed by atoms with Gasteiger partial charge in [0.25, 0.3) is 5.91 Å². The van der Waals surface area contributed by atoms with Gasteiger partial charge in [-0.2, -0.15) is 0 Å². The molecule has 2 N–H and O–H groups in total. The Kier molecular flexibility index (Phi) is 7.20. The summed E-state index contributed by atoms with van der Waals surface area (Å²) in [5.74, 6) is 0.230. The average Bonchev–Trinajstić information content (AvgIpc) is 3.42. The molecule has 0 radical (unpaired) electrons. The van der Waals surface area contributed by atoms with E-state index in [4.69, 9.17) is 9.47 Å². The van der Waals surface area contributed by atoms with E-state index in [0.717, 1.165) is 16.3 Å². The predicted octanol–water partition coefficient (Wildman–Crippen LogP) is 3.67. The maximum Gasteiger partial charge on any atom is 0.269 e. The number of carbonyl (C=O) groups is 2. The van der Waals surface area contributed by atoms with Gasteiger partial charge in [0.2, 0.25) is 5.91 Å². The first kappa shape index (κ1) is 20.8. The van der Waals surface area contributed by atoms with Crippen LogP contribution in [-0.4, -0.2) is 30.5 Å². The third-order valence-electron chi connectivity index (χ3n) is 3.83. The highest BCUT2D eigenvalue weighted by atomic mass is 32.1. The molecular formula is C20H21N3O4S2. The Morgan fingerprint density at radius 3 is 2.72 bits per heavy atom. The number of thiazole rings is 1. The van der Waals surface area contributed by atoms with E-state index in [1.165, 1.54) is 18.4 Å². The number of aromatic nitrogens is 1. The Balaban J connectivity index is 1.54. The number of amides is 2. The van der Waals surface area contributed by atoms with E-state index in [0.29, 0.717) is 29.4 Å². The van der Waals surface area contributed by atoms with Crippen LogP contribution in [0, 0.1) is 0 Å². The summed E-state index contributed by atoms with van der Waals surface area (Å²) < 4.78 is 10.8. The molecule has 9 heteroatoms. The molecule has 0 unspecified atom stereocenters. The van der Waals surface area contributed by atoms with E-state index in [1.54, 1.807) is 29.5 Å². The molecule has 29 heavy (non-hydrogen) atoms. The molecule has 2 aromatic heterocycles. The van der Waals surface area contributed by atoms with Crippen LogP contribution in [0.4, 0.5) is 0 Å². The van der Waals surface area contributed by atoms with Crippen molar-refractivity contribution in [1.29, 1.82) is 0 Å². The van der Waals surface area contributed by atoms with Crippen molar-refractivity contribution in [2.24, 2.45) is 0 Å². The van der Waals surface area contributed by atoms with Crippen LogP contribution in [0.5, 0.6) is 11.5 Å². The van der Waals surface area contributed by atoms with Gasteiger partial charge in [-0.15, -0.1) is 22.7 Å². The zero-order chi connectivity index (χ0) is 20.6. The van der Waals surface area contributed by atoms with Crippen LogP contribution in [0.1, 0.15) is 29.4 Å². The number of rotatable bonds is 8. The number of hydrogen-bond acceptors (Lipinski definition) is 7. The fraction of sp³-hybridized carbons (Fsp3) is 0.250. The average molecular weight is 432 g/mol. The van der Waals surface area contributed by atoms with Gasteiger partial charge in [0.15, 0.2) is 11.5 Å². The van der Waals surface area contributed by atoms with Crippen LogP contribution in [0.3, 0.4) is 0 Å². The summed E-state index contributed by atoms with van der Waals surface area (Å²) in [6.07, 6.45) is 0.945. The largest absolute Gasteiger partial charge is 0.493 e. The van der Waals surface area contributed by atoms with Gasteiger partial charge in [0, 0.05) is 10.9 Å². The molecule has 0 saturated heterocycles. The molecule has 1 aromatic carbocycles. The van der Waals surface area contributed by atoms with Crippen molar-refractivity contribution in [1.82, 2.24) is 15.8 Å².